The van der Waals surface area contributed by atoms with E-state index in [0.717, 1.165) is 6.20 Å². The van der Waals surface area contributed by atoms with Gasteiger partial charge in [0.2, 0.25) is 5.43 Å². The van der Waals surface area contributed by atoms with Gasteiger partial charge in [0.15, 0.2) is 17.1 Å². The third-order valence-corrected chi connectivity index (χ3v) is 1.87. The van der Waals surface area contributed by atoms with Gasteiger partial charge in [0, 0.05) is 6.07 Å². The van der Waals surface area contributed by atoms with E-state index >= 15 is 0 Å². The normalized spacial score (nSPS) is 10.4. The summed E-state index contributed by atoms with van der Waals surface area (Å²) in [5.41, 5.74) is -0.0413. The second-order valence-corrected chi connectivity index (χ2v) is 2.71. The molecule has 0 radical (unpaired) electrons. The van der Waals surface area contributed by atoms with Crippen LogP contribution in [0.15, 0.2) is 27.6 Å². The van der Waals surface area contributed by atoms with Gasteiger partial charge in [-0.2, -0.15) is 0 Å². The van der Waals surface area contributed by atoms with E-state index in [4.69, 9.17) is 9.26 Å². The predicted molar refractivity (Wildman–Crippen MR) is 48.5 cm³/mol. The molecule has 0 aliphatic rings. The molecule has 1 aromatic carbocycles. The number of phenolic OH excluding ortho intramolecular Hbond substituents is 1. The Morgan fingerprint density at radius 1 is 1.50 bits per heavy atom. The number of rotatable bonds is 1. The summed E-state index contributed by atoms with van der Waals surface area (Å²) in [5, 5.41) is 13.1. The molecule has 5 nitrogen and oxygen atoms in total. The predicted octanol–water partition coefficient (Wildman–Crippen LogP) is 0.902. The molecule has 2 rings (SSSR count). The Morgan fingerprint density at radius 2 is 2.29 bits per heavy atom. The van der Waals surface area contributed by atoms with Gasteiger partial charge >= 0.3 is 0 Å². The van der Waals surface area contributed by atoms with Crippen LogP contribution in [0.5, 0.6) is 11.5 Å². The van der Waals surface area contributed by atoms with E-state index in [2.05, 4.69) is 5.16 Å². The number of phenols is 1. The first-order valence-electron chi connectivity index (χ1n) is 3.88. The number of benzene rings is 1. The highest BCUT2D eigenvalue weighted by Gasteiger charge is 2.07. The Hall–Kier alpha value is -2.04. The first kappa shape index (κ1) is 8.55. The van der Waals surface area contributed by atoms with Crippen molar-refractivity contribution in [3.63, 3.8) is 0 Å². The van der Waals surface area contributed by atoms with Gasteiger partial charge in [-0.05, 0) is 6.07 Å². The average molecular weight is 193 g/mol. The summed E-state index contributed by atoms with van der Waals surface area (Å²) in [7, 11) is 1.41. The van der Waals surface area contributed by atoms with E-state index in [-0.39, 0.29) is 22.5 Å². The van der Waals surface area contributed by atoms with Crippen LogP contribution in [0.2, 0.25) is 0 Å². The van der Waals surface area contributed by atoms with Crippen molar-refractivity contribution in [1.82, 2.24) is 5.16 Å². The summed E-state index contributed by atoms with van der Waals surface area (Å²) >= 11 is 0. The van der Waals surface area contributed by atoms with Crippen LogP contribution in [0, 0.1) is 0 Å². The zero-order valence-corrected chi connectivity index (χ0v) is 7.35. The zero-order chi connectivity index (χ0) is 10.1. The van der Waals surface area contributed by atoms with E-state index in [1.807, 2.05) is 0 Å². The monoisotopic (exact) mass is 193 g/mol. The van der Waals surface area contributed by atoms with Gasteiger partial charge in [0.1, 0.15) is 6.20 Å². The molecule has 1 N–H and O–H groups in total. The fraction of sp³-hybridized carbons (Fsp3) is 0.111. The molecule has 72 valence electrons. The number of nitrogens with zero attached hydrogens (tertiary/aromatic N) is 1. The molecule has 0 spiro atoms. The summed E-state index contributed by atoms with van der Waals surface area (Å²) in [6.45, 7) is 0. The molecule has 5 heteroatoms. The van der Waals surface area contributed by atoms with Crippen molar-refractivity contribution in [2.24, 2.45) is 0 Å². The first-order valence-corrected chi connectivity index (χ1v) is 3.88. The average Bonchev–Trinajstić information content (AvgIpc) is 2.17. The van der Waals surface area contributed by atoms with Crippen LogP contribution in [-0.2, 0) is 0 Å². The van der Waals surface area contributed by atoms with Crippen LogP contribution in [0.3, 0.4) is 0 Å². The molecular weight excluding hydrogens is 186 g/mol. The quantitative estimate of drug-likeness (QED) is 0.728. The maximum absolute atomic E-state index is 11.3. The van der Waals surface area contributed by atoms with Gasteiger partial charge < -0.3 is 14.4 Å². The lowest BCUT2D eigenvalue weighted by Gasteiger charge is -2.02. The zero-order valence-electron chi connectivity index (χ0n) is 7.35. The standard InChI is InChI=1S/C9H7NO4/c1-13-9-2-5-7(12)4-10-14-8(5)3-6(9)11/h2-4,11H,1H3. The number of aromatic nitrogens is 1. The first-order chi connectivity index (χ1) is 6.72. The van der Waals surface area contributed by atoms with Crippen molar-refractivity contribution in [3.05, 3.63) is 28.6 Å². The Kier molecular flexibility index (Phi) is 1.85. The van der Waals surface area contributed by atoms with Crippen LogP contribution in [-0.4, -0.2) is 17.4 Å². The molecule has 1 aromatic heterocycles. The highest BCUT2D eigenvalue weighted by atomic mass is 16.5. The summed E-state index contributed by atoms with van der Waals surface area (Å²) in [4.78, 5) is 11.3. The van der Waals surface area contributed by atoms with Gasteiger partial charge in [-0.3, -0.25) is 4.79 Å². The molecule has 1 heterocycles. The Labute approximate surface area is 78.5 Å². The van der Waals surface area contributed by atoms with E-state index in [1.165, 1.54) is 19.2 Å². The van der Waals surface area contributed by atoms with Gasteiger partial charge in [-0.1, -0.05) is 5.16 Å². The minimum atomic E-state index is -0.274. The summed E-state index contributed by atoms with van der Waals surface area (Å²) in [5.74, 6) is 0.146. The molecule has 0 aliphatic carbocycles. The highest BCUT2D eigenvalue weighted by molar-refractivity contribution is 5.79. The second-order valence-electron chi connectivity index (χ2n) is 2.71. The third-order valence-electron chi connectivity index (χ3n) is 1.87. The van der Waals surface area contributed by atoms with Gasteiger partial charge in [-0.15, -0.1) is 0 Å². The molecule has 0 amide bonds. The molecule has 0 fully saturated rings. The number of hydrogen-bond acceptors (Lipinski definition) is 5. The van der Waals surface area contributed by atoms with Gasteiger partial charge in [-0.25, -0.2) is 0 Å². The molecule has 0 saturated heterocycles. The number of methoxy groups -OCH3 is 1. The molecule has 0 unspecified atom stereocenters. The molecule has 14 heavy (non-hydrogen) atoms. The minimum Gasteiger partial charge on any atom is -0.504 e. The second kappa shape index (κ2) is 3.02. The van der Waals surface area contributed by atoms with Crippen molar-refractivity contribution < 1.29 is 14.4 Å². The number of fused-ring (bicyclic) bond motifs is 1. The molecule has 2 aromatic rings. The Balaban J connectivity index is 2.87. The lowest BCUT2D eigenvalue weighted by molar-refractivity contribution is 0.372. The van der Waals surface area contributed by atoms with Crippen LogP contribution in [0.4, 0.5) is 0 Å². The molecule has 0 saturated carbocycles. The third kappa shape index (κ3) is 1.19. The molecule has 0 bridgehead atoms. The van der Waals surface area contributed by atoms with Gasteiger partial charge in [0.05, 0.1) is 12.5 Å². The largest absolute Gasteiger partial charge is 0.504 e. The lowest BCUT2D eigenvalue weighted by atomic mass is 10.2. The van der Waals surface area contributed by atoms with Crippen LogP contribution >= 0.6 is 0 Å². The Bertz CT molecular complexity index is 532. The van der Waals surface area contributed by atoms with Crippen LogP contribution in [0.25, 0.3) is 11.0 Å². The summed E-state index contributed by atoms with van der Waals surface area (Å²) < 4.78 is 9.66. The maximum Gasteiger partial charge on any atom is 0.211 e. The SMILES string of the molecule is COc1cc2c(=O)cnoc2cc1O. The number of ether oxygens (including phenoxy) is 1. The summed E-state index contributed by atoms with van der Waals surface area (Å²) in [6.07, 6.45) is 1.07. The molecule has 0 atom stereocenters. The van der Waals surface area contributed by atoms with Gasteiger partial charge in [0.25, 0.3) is 0 Å². The topological polar surface area (TPSA) is 72.6 Å². The van der Waals surface area contributed by atoms with E-state index in [9.17, 15) is 9.90 Å². The molecule has 0 aliphatic heterocycles. The van der Waals surface area contributed by atoms with Crippen LogP contribution < -0.4 is 10.2 Å². The van der Waals surface area contributed by atoms with Crippen molar-refractivity contribution in [2.45, 2.75) is 0 Å². The lowest BCUT2D eigenvalue weighted by Crippen LogP contribution is -2.00. The molecular formula is C9H7NO4. The van der Waals surface area contributed by atoms with Crippen molar-refractivity contribution >= 4 is 11.0 Å². The fourth-order valence-electron chi connectivity index (χ4n) is 1.18. The fourth-order valence-corrected chi connectivity index (χ4v) is 1.18. The maximum atomic E-state index is 11.3. The van der Waals surface area contributed by atoms with E-state index in [0.29, 0.717) is 5.39 Å². The van der Waals surface area contributed by atoms with Crippen molar-refractivity contribution in [2.75, 3.05) is 7.11 Å². The minimum absolute atomic E-state index is 0.0869. The summed E-state index contributed by atoms with van der Waals surface area (Å²) in [6, 6.07) is 2.71. The van der Waals surface area contributed by atoms with E-state index < -0.39 is 0 Å². The van der Waals surface area contributed by atoms with Crippen molar-refractivity contribution in [1.29, 1.82) is 0 Å². The van der Waals surface area contributed by atoms with Crippen molar-refractivity contribution in [3.8, 4) is 11.5 Å². The highest BCUT2D eigenvalue weighted by Crippen LogP contribution is 2.28. The van der Waals surface area contributed by atoms with E-state index in [1.54, 1.807) is 0 Å². The number of aromatic hydroxyl groups is 1. The Morgan fingerprint density at radius 3 is 3.00 bits per heavy atom. The smallest absolute Gasteiger partial charge is 0.211 e. The number of hydrogen-bond donors (Lipinski definition) is 1. The van der Waals surface area contributed by atoms with Crippen LogP contribution in [0.1, 0.15) is 0 Å².